The molecule has 0 aromatic heterocycles. The van der Waals surface area contributed by atoms with E-state index in [0.717, 1.165) is 19.3 Å². The van der Waals surface area contributed by atoms with Crippen LogP contribution in [0.2, 0.25) is 0 Å². The quantitative estimate of drug-likeness (QED) is 0.655. The molecule has 1 aliphatic heterocycles. The Labute approximate surface area is 181 Å². The lowest BCUT2D eigenvalue weighted by Crippen LogP contribution is -2.30. The molecular formula is C24H21N3O3S. The molecule has 0 saturated carbocycles. The molecule has 1 amide bonds. The van der Waals surface area contributed by atoms with Gasteiger partial charge in [0.2, 0.25) is 0 Å². The highest BCUT2D eigenvalue weighted by atomic mass is 32.2. The van der Waals surface area contributed by atoms with Crippen molar-refractivity contribution in [2.75, 3.05) is 5.32 Å². The van der Waals surface area contributed by atoms with Gasteiger partial charge in [-0.15, -0.1) is 4.40 Å². The molecule has 3 aromatic rings. The maximum atomic E-state index is 12.8. The van der Waals surface area contributed by atoms with Gasteiger partial charge in [0.05, 0.1) is 6.04 Å². The summed E-state index contributed by atoms with van der Waals surface area (Å²) >= 11 is 0. The van der Waals surface area contributed by atoms with Gasteiger partial charge in [-0.1, -0.05) is 36.4 Å². The van der Waals surface area contributed by atoms with Gasteiger partial charge >= 0.3 is 0 Å². The molecule has 0 saturated heterocycles. The van der Waals surface area contributed by atoms with Crippen LogP contribution >= 0.6 is 0 Å². The zero-order valence-electron chi connectivity index (χ0n) is 16.7. The van der Waals surface area contributed by atoms with E-state index < -0.39 is 10.0 Å². The maximum absolute atomic E-state index is 12.8. The van der Waals surface area contributed by atoms with Gasteiger partial charge in [0.25, 0.3) is 15.9 Å². The van der Waals surface area contributed by atoms with Gasteiger partial charge in [-0.3, -0.25) is 4.79 Å². The van der Waals surface area contributed by atoms with Gasteiger partial charge in [0, 0.05) is 16.8 Å². The maximum Gasteiger partial charge on any atom is 0.285 e. The molecule has 3 aromatic carbocycles. The van der Waals surface area contributed by atoms with Crippen molar-refractivity contribution in [2.45, 2.75) is 30.2 Å². The van der Waals surface area contributed by atoms with Gasteiger partial charge in [0.1, 0.15) is 4.90 Å². The fraction of sp³-hybridized carbons (Fsp3) is 0.167. The number of sulfonamides is 1. The number of hydrogen-bond donors (Lipinski definition) is 2. The number of benzene rings is 3. The number of hydrogen-bond acceptors (Lipinski definition) is 4. The molecule has 31 heavy (non-hydrogen) atoms. The van der Waals surface area contributed by atoms with E-state index in [1.807, 2.05) is 12.1 Å². The summed E-state index contributed by atoms with van der Waals surface area (Å²) in [6.45, 7) is 0. The van der Waals surface area contributed by atoms with Crippen molar-refractivity contribution in [3.8, 4) is 0 Å². The summed E-state index contributed by atoms with van der Waals surface area (Å²) in [7, 11) is -3.68. The molecule has 1 heterocycles. The highest BCUT2D eigenvalue weighted by molar-refractivity contribution is 7.90. The molecular weight excluding hydrogens is 410 g/mol. The van der Waals surface area contributed by atoms with Crippen LogP contribution in [-0.4, -0.2) is 20.2 Å². The molecule has 0 bridgehead atoms. The van der Waals surface area contributed by atoms with E-state index in [-0.39, 0.29) is 22.7 Å². The van der Waals surface area contributed by atoms with E-state index in [9.17, 15) is 13.2 Å². The Bertz CT molecular complexity index is 1300. The second-order valence-electron chi connectivity index (χ2n) is 7.73. The van der Waals surface area contributed by atoms with E-state index in [0.29, 0.717) is 16.8 Å². The number of fused-ring (bicyclic) bond motifs is 2. The van der Waals surface area contributed by atoms with Crippen LogP contribution in [-0.2, 0) is 16.4 Å². The minimum atomic E-state index is -3.68. The Morgan fingerprint density at radius 1 is 0.935 bits per heavy atom. The van der Waals surface area contributed by atoms with Crippen LogP contribution in [0, 0.1) is 0 Å². The third-order valence-corrected chi connectivity index (χ3v) is 7.05. The first kappa shape index (κ1) is 19.5. The summed E-state index contributed by atoms with van der Waals surface area (Å²) in [4.78, 5) is 13.0. The van der Waals surface area contributed by atoms with Crippen LogP contribution < -0.4 is 10.6 Å². The molecule has 2 aliphatic rings. The van der Waals surface area contributed by atoms with Crippen LogP contribution in [0.25, 0.3) is 0 Å². The molecule has 6 nitrogen and oxygen atoms in total. The molecule has 0 fully saturated rings. The van der Waals surface area contributed by atoms with E-state index in [4.69, 9.17) is 0 Å². The summed E-state index contributed by atoms with van der Waals surface area (Å²) in [5.41, 5.74) is 4.24. The number of nitrogens with zero attached hydrogens (tertiary/aromatic N) is 1. The third-order valence-electron chi connectivity index (χ3n) is 5.72. The zero-order chi connectivity index (χ0) is 21.4. The molecule has 0 spiro atoms. The summed E-state index contributed by atoms with van der Waals surface area (Å²) in [5, 5.41) is 6.20. The summed E-state index contributed by atoms with van der Waals surface area (Å²) in [6.07, 6.45) is 3.03. The average molecular weight is 432 g/mol. The van der Waals surface area contributed by atoms with Crippen LogP contribution in [0.3, 0.4) is 0 Å². The van der Waals surface area contributed by atoms with Gasteiger partial charge in [0.15, 0.2) is 5.84 Å². The second-order valence-corrected chi connectivity index (χ2v) is 9.30. The largest absolute Gasteiger partial charge is 0.345 e. The molecule has 1 unspecified atom stereocenters. The monoisotopic (exact) mass is 431 g/mol. The number of nitrogens with one attached hydrogen (secondary N) is 2. The zero-order valence-corrected chi connectivity index (χ0v) is 17.5. The number of amidine groups is 1. The molecule has 7 heteroatoms. The van der Waals surface area contributed by atoms with Crippen molar-refractivity contribution < 1.29 is 13.2 Å². The normalized spacial score (nSPS) is 18.5. The number of aryl methyl sites for hydroxylation is 1. The molecule has 1 aliphatic carbocycles. The van der Waals surface area contributed by atoms with Crippen molar-refractivity contribution in [1.82, 2.24) is 5.32 Å². The minimum Gasteiger partial charge on any atom is -0.345 e. The van der Waals surface area contributed by atoms with Crippen LogP contribution in [0.1, 0.15) is 45.9 Å². The molecule has 5 rings (SSSR count). The molecule has 156 valence electrons. The lowest BCUT2D eigenvalue weighted by molar-refractivity contribution is 0.0933. The topological polar surface area (TPSA) is 87.6 Å². The highest BCUT2D eigenvalue weighted by Crippen LogP contribution is 2.30. The van der Waals surface area contributed by atoms with E-state index in [1.165, 1.54) is 11.1 Å². The van der Waals surface area contributed by atoms with Gasteiger partial charge in [-0.05, 0) is 66.8 Å². The first-order valence-electron chi connectivity index (χ1n) is 10.2. The van der Waals surface area contributed by atoms with Crippen LogP contribution in [0.4, 0.5) is 5.69 Å². The Morgan fingerprint density at radius 3 is 2.52 bits per heavy atom. The minimum absolute atomic E-state index is 0.0183. The Hall–Kier alpha value is -3.45. The predicted molar refractivity (Wildman–Crippen MR) is 120 cm³/mol. The summed E-state index contributed by atoms with van der Waals surface area (Å²) < 4.78 is 28.2. The van der Waals surface area contributed by atoms with Crippen molar-refractivity contribution in [1.29, 1.82) is 0 Å². The fourth-order valence-electron chi connectivity index (χ4n) is 4.18. The van der Waals surface area contributed by atoms with Crippen LogP contribution in [0.5, 0.6) is 0 Å². The number of carbonyl (C=O) groups excluding carboxylic acids is 1. The van der Waals surface area contributed by atoms with Gasteiger partial charge < -0.3 is 10.6 Å². The van der Waals surface area contributed by atoms with Crippen molar-refractivity contribution in [3.05, 3.63) is 95.1 Å². The summed E-state index contributed by atoms with van der Waals surface area (Å²) in [5.74, 6) is 0.158. The number of amides is 1. The molecule has 0 radical (unpaired) electrons. The smallest absolute Gasteiger partial charge is 0.285 e. The van der Waals surface area contributed by atoms with Gasteiger partial charge in [-0.2, -0.15) is 8.42 Å². The highest BCUT2D eigenvalue weighted by Gasteiger charge is 2.28. The van der Waals surface area contributed by atoms with Gasteiger partial charge in [-0.25, -0.2) is 0 Å². The number of rotatable bonds is 3. The number of carbonyl (C=O) groups is 1. The second kappa shape index (κ2) is 7.67. The first-order valence-corrected chi connectivity index (χ1v) is 11.7. The average Bonchev–Trinajstić information content (AvgIpc) is 3.04. The first-order chi connectivity index (χ1) is 15.0. The Kier molecular flexibility index (Phi) is 4.82. The van der Waals surface area contributed by atoms with E-state index in [2.05, 4.69) is 27.2 Å². The fourth-order valence-corrected chi connectivity index (χ4v) is 5.36. The third kappa shape index (κ3) is 3.72. The Morgan fingerprint density at radius 2 is 1.68 bits per heavy atom. The SMILES string of the molecule is O=C(NC1CCCc2ccccc21)c1ccc(NC2=NS(=O)(=O)c3ccccc32)cc1. The molecule has 1 atom stereocenters. The summed E-state index contributed by atoms with van der Waals surface area (Å²) in [6, 6.07) is 21.9. The number of anilines is 1. The van der Waals surface area contributed by atoms with Crippen molar-refractivity contribution in [2.24, 2.45) is 4.40 Å². The standard InChI is InChI=1S/C24H21N3O3S/c28-24(26-21-10-5-7-16-6-1-2-8-19(16)21)17-12-14-18(15-13-17)25-23-20-9-3-4-11-22(20)31(29,30)27-23/h1-4,6,8-9,11-15,21H,5,7,10H2,(H,25,27)(H,26,28). The van der Waals surface area contributed by atoms with E-state index in [1.54, 1.807) is 48.5 Å². The lowest BCUT2D eigenvalue weighted by Gasteiger charge is -2.26. The van der Waals surface area contributed by atoms with Crippen molar-refractivity contribution >= 4 is 27.5 Å². The van der Waals surface area contributed by atoms with Crippen molar-refractivity contribution in [3.63, 3.8) is 0 Å². The lowest BCUT2D eigenvalue weighted by atomic mass is 9.87. The molecule has 2 N–H and O–H groups in total. The van der Waals surface area contributed by atoms with Crippen LogP contribution in [0.15, 0.2) is 82.1 Å². The van der Waals surface area contributed by atoms with E-state index >= 15 is 0 Å². The predicted octanol–water partition coefficient (Wildman–Crippen LogP) is 4.06. The Balaban J connectivity index is 1.31.